The Morgan fingerprint density at radius 2 is 0.541 bits per heavy atom. The van der Waals surface area contributed by atoms with Crippen molar-refractivity contribution >= 4 is 17.9 Å². The van der Waals surface area contributed by atoms with Crippen molar-refractivity contribution in [1.82, 2.24) is 0 Å². The molecule has 0 aliphatic rings. The van der Waals surface area contributed by atoms with Crippen molar-refractivity contribution in [2.45, 2.75) is 310 Å². The van der Waals surface area contributed by atoms with Gasteiger partial charge in [-0.15, -0.1) is 0 Å². The summed E-state index contributed by atoms with van der Waals surface area (Å²) in [4.78, 5) is 38.0. The molecule has 0 aromatic rings. The van der Waals surface area contributed by atoms with Gasteiger partial charge in [0.1, 0.15) is 13.2 Å². The van der Waals surface area contributed by atoms with Gasteiger partial charge < -0.3 is 14.2 Å². The molecule has 0 bridgehead atoms. The van der Waals surface area contributed by atoms with Crippen LogP contribution in [-0.4, -0.2) is 37.2 Å². The van der Waals surface area contributed by atoms with Gasteiger partial charge in [-0.2, -0.15) is 0 Å². The molecule has 0 unspecified atom stereocenters. The number of carbonyl (C=O) groups is 3. The number of unbranched alkanes of at least 4 members (excludes halogenated alkanes) is 34. The largest absolute Gasteiger partial charge is 0.462 e. The van der Waals surface area contributed by atoms with Gasteiger partial charge in [-0.25, -0.2) is 0 Å². The summed E-state index contributed by atoms with van der Waals surface area (Å²) in [5.74, 6) is 0.759. The van der Waals surface area contributed by atoms with E-state index in [0.717, 1.165) is 69.6 Å². The van der Waals surface area contributed by atoms with E-state index in [4.69, 9.17) is 14.2 Å². The first-order valence-electron chi connectivity index (χ1n) is 27.2. The van der Waals surface area contributed by atoms with Crippen LogP contribution < -0.4 is 0 Å². The van der Waals surface area contributed by atoms with Crippen LogP contribution in [0.5, 0.6) is 0 Å². The van der Waals surface area contributed by atoms with Gasteiger partial charge in [-0.05, 0) is 31.1 Å². The Kier molecular flexibility index (Phi) is 46.6. The fourth-order valence-corrected chi connectivity index (χ4v) is 8.34. The third-order valence-electron chi connectivity index (χ3n) is 12.5. The SMILES string of the molecule is CCCCCCCCCCCCCCCCCCCC(=O)O[C@H](COC(=O)CCCCCCCCCCCCCCCCC(C)C)COC(=O)CCCCCCCCC(C)C. The van der Waals surface area contributed by atoms with E-state index >= 15 is 0 Å². The minimum atomic E-state index is -0.762. The molecule has 0 aromatic carbocycles. The standard InChI is InChI=1S/C55H106O6/c1-6-7-8-9-10-11-12-13-14-15-16-21-24-27-30-37-42-47-55(58)61-52(49-60-54(57)46-41-36-32-31-34-39-44-51(4)5)48-59-53(56)45-40-35-29-26-23-20-18-17-19-22-25-28-33-38-43-50(2)3/h50-52H,6-49H2,1-5H3/t52-/m1/s1. The number of hydrogen-bond donors (Lipinski definition) is 0. The average molecular weight is 863 g/mol. The lowest BCUT2D eigenvalue weighted by molar-refractivity contribution is -0.167. The van der Waals surface area contributed by atoms with E-state index in [1.54, 1.807) is 0 Å². The molecule has 0 saturated carbocycles. The highest BCUT2D eigenvalue weighted by atomic mass is 16.6. The molecule has 6 nitrogen and oxygen atoms in total. The van der Waals surface area contributed by atoms with E-state index < -0.39 is 6.10 Å². The monoisotopic (exact) mass is 863 g/mol. The first kappa shape index (κ1) is 59.4. The lowest BCUT2D eigenvalue weighted by Gasteiger charge is -2.18. The molecule has 0 heterocycles. The lowest BCUT2D eigenvalue weighted by atomic mass is 10.0. The first-order chi connectivity index (χ1) is 29.7. The van der Waals surface area contributed by atoms with Crippen molar-refractivity contribution in [3.63, 3.8) is 0 Å². The quantitative estimate of drug-likeness (QED) is 0.0344. The van der Waals surface area contributed by atoms with Gasteiger partial charge in [0.25, 0.3) is 0 Å². The lowest BCUT2D eigenvalue weighted by Crippen LogP contribution is -2.30. The molecule has 0 amide bonds. The maximum Gasteiger partial charge on any atom is 0.306 e. The van der Waals surface area contributed by atoms with Crippen molar-refractivity contribution in [2.24, 2.45) is 11.8 Å². The molecule has 0 radical (unpaired) electrons. The Hall–Kier alpha value is -1.59. The zero-order valence-electron chi connectivity index (χ0n) is 41.8. The summed E-state index contributed by atoms with van der Waals surface area (Å²) in [6.45, 7) is 11.3. The summed E-state index contributed by atoms with van der Waals surface area (Å²) in [7, 11) is 0. The van der Waals surface area contributed by atoms with Gasteiger partial charge in [-0.1, -0.05) is 266 Å². The van der Waals surface area contributed by atoms with Crippen LogP contribution >= 0.6 is 0 Å². The third kappa shape index (κ3) is 49.3. The molecule has 0 aliphatic heterocycles. The normalized spacial score (nSPS) is 12.0. The second kappa shape index (κ2) is 47.9. The highest BCUT2D eigenvalue weighted by Gasteiger charge is 2.19. The zero-order chi connectivity index (χ0) is 44.7. The van der Waals surface area contributed by atoms with Crippen LogP contribution in [0, 0.1) is 11.8 Å². The van der Waals surface area contributed by atoms with Gasteiger partial charge in [0.15, 0.2) is 6.10 Å². The maximum absolute atomic E-state index is 12.8. The molecule has 362 valence electrons. The fraction of sp³-hybridized carbons (Fsp3) is 0.945. The summed E-state index contributed by atoms with van der Waals surface area (Å²) < 4.78 is 16.8. The predicted molar refractivity (Wildman–Crippen MR) is 261 cm³/mol. The molecule has 1 atom stereocenters. The van der Waals surface area contributed by atoms with Crippen LogP contribution in [0.2, 0.25) is 0 Å². The highest BCUT2D eigenvalue weighted by molar-refractivity contribution is 5.71. The summed E-state index contributed by atoms with van der Waals surface area (Å²) >= 11 is 0. The van der Waals surface area contributed by atoms with Crippen LogP contribution in [0.15, 0.2) is 0 Å². The molecule has 0 aromatic heterocycles. The van der Waals surface area contributed by atoms with E-state index in [1.165, 1.54) is 193 Å². The summed E-state index contributed by atoms with van der Waals surface area (Å²) in [5.41, 5.74) is 0. The number of hydrogen-bond acceptors (Lipinski definition) is 6. The van der Waals surface area contributed by atoms with E-state index in [2.05, 4.69) is 34.6 Å². The maximum atomic E-state index is 12.8. The second-order valence-electron chi connectivity index (χ2n) is 19.8. The Balaban J connectivity index is 4.24. The highest BCUT2D eigenvalue weighted by Crippen LogP contribution is 2.18. The van der Waals surface area contributed by atoms with E-state index in [0.29, 0.717) is 19.3 Å². The topological polar surface area (TPSA) is 78.9 Å². The molecule has 0 N–H and O–H groups in total. The van der Waals surface area contributed by atoms with Crippen LogP contribution in [0.25, 0.3) is 0 Å². The van der Waals surface area contributed by atoms with Crippen LogP contribution in [0.1, 0.15) is 304 Å². The van der Waals surface area contributed by atoms with Crippen molar-refractivity contribution in [3.05, 3.63) is 0 Å². The van der Waals surface area contributed by atoms with Gasteiger partial charge >= 0.3 is 17.9 Å². The minimum absolute atomic E-state index is 0.0641. The molecule has 0 aliphatic carbocycles. The molecule has 61 heavy (non-hydrogen) atoms. The minimum Gasteiger partial charge on any atom is -0.462 e. The fourth-order valence-electron chi connectivity index (χ4n) is 8.34. The summed E-state index contributed by atoms with van der Waals surface area (Å²) in [6, 6.07) is 0. The Bertz CT molecular complexity index is 931. The van der Waals surface area contributed by atoms with Crippen LogP contribution in [-0.2, 0) is 28.6 Å². The Labute approximate surface area is 380 Å². The molecule has 0 spiro atoms. The molecule has 0 rings (SSSR count). The molecular weight excluding hydrogens is 757 g/mol. The van der Waals surface area contributed by atoms with E-state index in [-0.39, 0.29) is 31.1 Å². The van der Waals surface area contributed by atoms with Crippen LogP contribution in [0.4, 0.5) is 0 Å². The summed E-state index contributed by atoms with van der Waals surface area (Å²) in [5, 5.41) is 0. The average Bonchev–Trinajstić information content (AvgIpc) is 3.23. The van der Waals surface area contributed by atoms with Gasteiger partial charge in [-0.3, -0.25) is 14.4 Å². The van der Waals surface area contributed by atoms with Crippen molar-refractivity contribution in [3.8, 4) is 0 Å². The number of rotatable bonds is 49. The predicted octanol–water partition coefficient (Wildman–Crippen LogP) is 17.7. The summed E-state index contributed by atoms with van der Waals surface area (Å²) in [6.07, 6.45) is 49.6. The zero-order valence-corrected chi connectivity index (χ0v) is 41.8. The van der Waals surface area contributed by atoms with Gasteiger partial charge in [0.05, 0.1) is 0 Å². The van der Waals surface area contributed by atoms with Crippen molar-refractivity contribution < 1.29 is 28.6 Å². The van der Waals surface area contributed by atoms with E-state index in [9.17, 15) is 14.4 Å². The molecular formula is C55H106O6. The number of carbonyl (C=O) groups excluding carboxylic acids is 3. The van der Waals surface area contributed by atoms with Crippen molar-refractivity contribution in [1.29, 1.82) is 0 Å². The number of esters is 3. The molecule has 0 saturated heterocycles. The van der Waals surface area contributed by atoms with Gasteiger partial charge in [0, 0.05) is 19.3 Å². The second-order valence-corrected chi connectivity index (χ2v) is 19.8. The van der Waals surface area contributed by atoms with E-state index in [1.807, 2.05) is 0 Å². The van der Waals surface area contributed by atoms with Crippen LogP contribution in [0.3, 0.4) is 0 Å². The first-order valence-corrected chi connectivity index (χ1v) is 27.2. The Morgan fingerprint density at radius 3 is 0.803 bits per heavy atom. The van der Waals surface area contributed by atoms with Gasteiger partial charge in [0.2, 0.25) is 0 Å². The molecule has 6 heteroatoms. The third-order valence-corrected chi connectivity index (χ3v) is 12.5. The number of ether oxygens (including phenoxy) is 3. The smallest absolute Gasteiger partial charge is 0.306 e. The Morgan fingerprint density at radius 1 is 0.311 bits per heavy atom. The molecule has 0 fully saturated rings. The van der Waals surface area contributed by atoms with Crippen molar-refractivity contribution in [2.75, 3.05) is 13.2 Å².